The second-order valence-electron chi connectivity index (χ2n) is 9.01. The summed E-state index contributed by atoms with van der Waals surface area (Å²) in [6.45, 7) is 11.4. The van der Waals surface area contributed by atoms with Crippen molar-refractivity contribution in [3.05, 3.63) is 71.2 Å². The Labute approximate surface area is 200 Å². The summed E-state index contributed by atoms with van der Waals surface area (Å²) in [5.41, 5.74) is 4.56. The van der Waals surface area contributed by atoms with Crippen LogP contribution in [-0.4, -0.2) is 34.2 Å². The van der Waals surface area contributed by atoms with Gasteiger partial charge >= 0.3 is 6.03 Å². The van der Waals surface area contributed by atoms with Crippen molar-refractivity contribution in [3.8, 4) is 17.1 Å². The van der Waals surface area contributed by atoms with Gasteiger partial charge in [-0.1, -0.05) is 54.9 Å². The van der Waals surface area contributed by atoms with Crippen molar-refractivity contribution in [1.82, 2.24) is 20.4 Å². The first-order valence-electron chi connectivity index (χ1n) is 11.8. The number of benzene rings is 2. The summed E-state index contributed by atoms with van der Waals surface area (Å²) in [6.07, 6.45) is 0.893. The van der Waals surface area contributed by atoms with Crippen LogP contribution in [-0.2, 0) is 0 Å². The molecule has 7 nitrogen and oxygen atoms in total. The Balaban J connectivity index is 1.76. The SMILES string of the molecule is CCOc1ccc(C2NC(=O)N(CCC(C)C)C(C)=C2c2nc(-c3cccc(C)c3)no2)cc1. The molecule has 0 spiro atoms. The molecule has 2 amide bonds. The van der Waals surface area contributed by atoms with Crippen LogP contribution in [0.25, 0.3) is 17.0 Å². The predicted octanol–water partition coefficient (Wildman–Crippen LogP) is 5.99. The van der Waals surface area contributed by atoms with Gasteiger partial charge in [0, 0.05) is 17.8 Å². The number of carbonyl (C=O) groups excluding carboxylic acids is 1. The molecule has 7 heteroatoms. The van der Waals surface area contributed by atoms with Gasteiger partial charge in [-0.3, -0.25) is 4.90 Å². The molecule has 0 saturated carbocycles. The number of aromatic nitrogens is 2. The molecule has 3 aromatic rings. The number of amides is 2. The lowest BCUT2D eigenvalue weighted by atomic mass is 9.94. The lowest BCUT2D eigenvalue weighted by molar-refractivity contribution is 0.202. The summed E-state index contributed by atoms with van der Waals surface area (Å²) in [7, 11) is 0. The minimum absolute atomic E-state index is 0.126. The van der Waals surface area contributed by atoms with Gasteiger partial charge in [0.05, 0.1) is 18.2 Å². The number of carbonyl (C=O) groups is 1. The van der Waals surface area contributed by atoms with Gasteiger partial charge in [-0.15, -0.1) is 0 Å². The van der Waals surface area contributed by atoms with Crippen LogP contribution in [0.4, 0.5) is 4.79 Å². The summed E-state index contributed by atoms with van der Waals surface area (Å²) in [5, 5.41) is 7.41. The largest absolute Gasteiger partial charge is 0.494 e. The molecule has 0 aliphatic carbocycles. The van der Waals surface area contributed by atoms with Crippen LogP contribution in [0.3, 0.4) is 0 Å². The number of ether oxygens (including phenoxy) is 1. The summed E-state index contributed by atoms with van der Waals surface area (Å²) in [6, 6.07) is 15.2. The lowest BCUT2D eigenvalue weighted by Gasteiger charge is -2.35. The predicted molar refractivity (Wildman–Crippen MR) is 132 cm³/mol. The number of hydrogen-bond donors (Lipinski definition) is 1. The lowest BCUT2D eigenvalue weighted by Crippen LogP contribution is -2.46. The zero-order chi connectivity index (χ0) is 24.2. The highest BCUT2D eigenvalue weighted by atomic mass is 16.5. The highest BCUT2D eigenvalue weighted by Crippen LogP contribution is 2.38. The molecule has 1 aliphatic rings. The minimum Gasteiger partial charge on any atom is -0.494 e. The van der Waals surface area contributed by atoms with Gasteiger partial charge in [-0.05, 0) is 56.9 Å². The molecule has 0 fully saturated rings. The quantitative estimate of drug-likeness (QED) is 0.447. The van der Waals surface area contributed by atoms with E-state index in [0.29, 0.717) is 30.8 Å². The maximum Gasteiger partial charge on any atom is 0.322 e. The molecule has 1 atom stereocenters. The summed E-state index contributed by atoms with van der Waals surface area (Å²) in [4.78, 5) is 19.6. The van der Waals surface area contributed by atoms with Crippen LogP contribution in [0.2, 0.25) is 0 Å². The molecule has 0 saturated heterocycles. The molecule has 2 heterocycles. The van der Waals surface area contributed by atoms with E-state index >= 15 is 0 Å². The van der Waals surface area contributed by atoms with Crippen molar-refractivity contribution >= 4 is 11.6 Å². The van der Waals surface area contributed by atoms with E-state index in [9.17, 15) is 4.79 Å². The van der Waals surface area contributed by atoms with E-state index in [1.807, 2.05) is 69.3 Å². The number of nitrogens with zero attached hydrogens (tertiary/aromatic N) is 3. The highest BCUT2D eigenvalue weighted by Gasteiger charge is 2.35. The van der Waals surface area contributed by atoms with E-state index in [1.54, 1.807) is 4.90 Å². The Hall–Kier alpha value is -3.61. The fraction of sp³-hybridized carbons (Fsp3) is 0.370. The van der Waals surface area contributed by atoms with Gasteiger partial charge in [-0.25, -0.2) is 4.79 Å². The normalized spacial score (nSPS) is 16.2. The summed E-state index contributed by atoms with van der Waals surface area (Å²) in [5.74, 6) is 2.19. The molecule has 1 unspecified atom stereocenters. The van der Waals surface area contributed by atoms with Gasteiger partial charge in [-0.2, -0.15) is 4.98 Å². The molecular weight excluding hydrogens is 428 g/mol. The molecule has 1 N–H and O–H groups in total. The number of aryl methyl sites for hydroxylation is 1. The smallest absolute Gasteiger partial charge is 0.322 e. The zero-order valence-electron chi connectivity index (χ0n) is 20.5. The maximum atomic E-state index is 13.1. The van der Waals surface area contributed by atoms with Crippen LogP contribution >= 0.6 is 0 Å². The topological polar surface area (TPSA) is 80.5 Å². The van der Waals surface area contributed by atoms with Gasteiger partial charge in [0.2, 0.25) is 5.82 Å². The fourth-order valence-corrected chi connectivity index (χ4v) is 4.12. The van der Waals surface area contributed by atoms with E-state index < -0.39 is 6.04 Å². The van der Waals surface area contributed by atoms with Crippen molar-refractivity contribution < 1.29 is 14.1 Å². The second kappa shape index (κ2) is 10.1. The Morgan fingerprint density at radius 1 is 1.15 bits per heavy atom. The van der Waals surface area contributed by atoms with Gasteiger partial charge in [0.25, 0.3) is 5.89 Å². The molecular formula is C27H32N4O3. The second-order valence-corrected chi connectivity index (χ2v) is 9.01. The van der Waals surface area contributed by atoms with E-state index in [2.05, 4.69) is 24.3 Å². The maximum absolute atomic E-state index is 13.1. The third kappa shape index (κ3) is 4.98. The highest BCUT2D eigenvalue weighted by molar-refractivity contribution is 5.86. The molecule has 178 valence electrons. The Morgan fingerprint density at radius 2 is 1.91 bits per heavy atom. The Morgan fingerprint density at radius 3 is 2.59 bits per heavy atom. The van der Waals surface area contributed by atoms with Crippen molar-refractivity contribution in [2.75, 3.05) is 13.2 Å². The van der Waals surface area contributed by atoms with Crippen LogP contribution in [0, 0.1) is 12.8 Å². The van der Waals surface area contributed by atoms with E-state index in [4.69, 9.17) is 14.2 Å². The summed E-state index contributed by atoms with van der Waals surface area (Å²) >= 11 is 0. The van der Waals surface area contributed by atoms with Crippen LogP contribution in [0.15, 0.2) is 58.8 Å². The first-order chi connectivity index (χ1) is 16.4. The van der Waals surface area contributed by atoms with E-state index in [-0.39, 0.29) is 6.03 Å². The zero-order valence-corrected chi connectivity index (χ0v) is 20.5. The van der Waals surface area contributed by atoms with Crippen molar-refractivity contribution in [1.29, 1.82) is 0 Å². The third-order valence-electron chi connectivity index (χ3n) is 5.98. The first-order valence-corrected chi connectivity index (χ1v) is 11.8. The molecule has 0 radical (unpaired) electrons. The van der Waals surface area contributed by atoms with Gasteiger partial charge < -0.3 is 14.6 Å². The van der Waals surface area contributed by atoms with Crippen molar-refractivity contribution in [3.63, 3.8) is 0 Å². The molecule has 1 aromatic heterocycles. The number of allylic oxidation sites excluding steroid dienone is 1. The Kier molecular flexibility index (Phi) is 7.01. The van der Waals surface area contributed by atoms with Crippen molar-refractivity contribution in [2.45, 2.75) is 47.1 Å². The number of nitrogens with one attached hydrogen (secondary N) is 1. The monoisotopic (exact) mass is 460 g/mol. The van der Waals surface area contributed by atoms with Gasteiger partial charge in [0.1, 0.15) is 5.75 Å². The average Bonchev–Trinajstić information content (AvgIpc) is 3.29. The third-order valence-corrected chi connectivity index (χ3v) is 5.98. The summed E-state index contributed by atoms with van der Waals surface area (Å²) < 4.78 is 11.4. The standard InChI is InChI=1S/C27H32N4O3/c1-6-33-22-12-10-20(11-13-22)24-23(19(5)31(27(32)28-24)15-14-17(2)3)26-29-25(30-34-26)21-9-7-8-18(4)16-21/h7-13,16-17,24H,6,14-15H2,1-5H3,(H,28,32). The molecule has 1 aliphatic heterocycles. The van der Waals surface area contributed by atoms with E-state index in [0.717, 1.165) is 40.1 Å². The molecule has 2 aromatic carbocycles. The first kappa shape index (κ1) is 23.5. The average molecular weight is 461 g/mol. The number of rotatable bonds is 8. The minimum atomic E-state index is -0.413. The fourth-order valence-electron chi connectivity index (χ4n) is 4.12. The van der Waals surface area contributed by atoms with Crippen LogP contribution in [0.1, 0.15) is 57.2 Å². The van der Waals surface area contributed by atoms with Crippen LogP contribution in [0.5, 0.6) is 5.75 Å². The molecule has 0 bridgehead atoms. The van der Waals surface area contributed by atoms with E-state index in [1.165, 1.54) is 0 Å². The number of hydrogen-bond acceptors (Lipinski definition) is 5. The van der Waals surface area contributed by atoms with Crippen molar-refractivity contribution in [2.24, 2.45) is 5.92 Å². The Bertz CT molecular complexity index is 1180. The molecule has 4 rings (SSSR count). The number of urea groups is 1. The van der Waals surface area contributed by atoms with Gasteiger partial charge in [0.15, 0.2) is 0 Å². The molecule has 34 heavy (non-hydrogen) atoms. The van der Waals surface area contributed by atoms with Crippen LogP contribution < -0.4 is 10.1 Å².